The molecule has 3 heteroatoms. The molecule has 1 aromatic carbocycles. The molecule has 0 atom stereocenters. The Kier molecular flexibility index (Phi) is 3.77. The normalized spacial score (nSPS) is 16.7. The minimum absolute atomic E-state index is 0.0370. The standard InChI is InChI=1S/C14H18FNO/c1-11-10-12(6-7-13(11)15)14(17)16-8-4-2-3-5-9-16/h6-7,10H,2-5,8-9H2,1H3. The van der Waals surface area contributed by atoms with Gasteiger partial charge in [-0.3, -0.25) is 4.79 Å². The molecule has 2 nitrogen and oxygen atoms in total. The summed E-state index contributed by atoms with van der Waals surface area (Å²) in [4.78, 5) is 14.1. The van der Waals surface area contributed by atoms with Crippen LogP contribution in [-0.2, 0) is 0 Å². The van der Waals surface area contributed by atoms with Gasteiger partial charge in [-0.2, -0.15) is 0 Å². The molecule has 0 bridgehead atoms. The number of rotatable bonds is 1. The van der Waals surface area contributed by atoms with E-state index in [1.165, 1.54) is 18.9 Å². The van der Waals surface area contributed by atoms with Gasteiger partial charge in [0.15, 0.2) is 0 Å². The number of hydrogen-bond donors (Lipinski definition) is 0. The number of carbonyl (C=O) groups is 1. The summed E-state index contributed by atoms with van der Waals surface area (Å²) in [6, 6.07) is 4.60. The molecular formula is C14H18FNO. The van der Waals surface area contributed by atoms with E-state index in [1.807, 2.05) is 4.90 Å². The van der Waals surface area contributed by atoms with Gasteiger partial charge in [0.25, 0.3) is 5.91 Å². The van der Waals surface area contributed by atoms with Gasteiger partial charge in [-0.15, -0.1) is 0 Å². The number of hydrogen-bond acceptors (Lipinski definition) is 1. The van der Waals surface area contributed by atoms with Crippen LogP contribution in [0.5, 0.6) is 0 Å². The Labute approximate surface area is 101 Å². The second-order valence-electron chi connectivity index (χ2n) is 4.67. The van der Waals surface area contributed by atoms with E-state index in [4.69, 9.17) is 0 Å². The molecule has 0 radical (unpaired) electrons. The summed E-state index contributed by atoms with van der Waals surface area (Å²) in [5.74, 6) is -0.215. The molecule has 1 heterocycles. The maximum atomic E-state index is 13.1. The topological polar surface area (TPSA) is 20.3 Å². The first-order chi connectivity index (χ1) is 8.18. The molecule has 0 N–H and O–H groups in total. The number of aryl methyl sites for hydroxylation is 1. The molecule has 1 fully saturated rings. The number of halogens is 1. The second-order valence-corrected chi connectivity index (χ2v) is 4.67. The van der Waals surface area contributed by atoms with Crippen LogP contribution in [0, 0.1) is 12.7 Å². The quantitative estimate of drug-likeness (QED) is 0.732. The molecule has 0 aromatic heterocycles. The first kappa shape index (κ1) is 12.1. The lowest BCUT2D eigenvalue weighted by Crippen LogP contribution is -2.31. The third kappa shape index (κ3) is 2.84. The number of amides is 1. The minimum atomic E-state index is -0.252. The van der Waals surface area contributed by atoms with Crippen molar-refractivity contribution in [3.63, 3.8) is 0 Å². The Morgan fingerprint density at radius 1 is 1.18 bits per heavy atom. The Balaban J connectivity index is 2.14. The monoisotopic (exact) mass is 235 g/mol. The highest BCUT2D eigenvalue weighted by Gasteiger charge is 2.17. The largest absolute Gasteiger partial charge is 0.339 e. The van der Waals surface area contributed by atoms with Crippen molar-refractivity contribution in [2.24, 2.45) is 0 Å². The predicted octanol–water partition coefficient (Wildman–Crippen LogP) is 3.15. The van der Waals surface area contributed by atoms with Crippen LogP contribution in [0.15, 0.2) is 18.2 Å². The van der Waals surface area contributed by atoms with E-state index in [-0.39, 0.29) is 11.7 Å². The van der Waals surface area contributed by atoms with Crippen molar-refractivity contribution >= 4 is 5.91 Å². The zero-order chi connectivity index (χ0) is 12.3. The van der Waals surface area contributed by atoms with E-state index in [0.29, 0.717) is 11.1 Å². The average molecular weight is 235 g/mol. The van der Waals surface area contributed by atoms with Gasteiger partial charge in [-0.05, 0) is 43.5 Å². The van der Waals surface area contributed by atoms with Gasteiger partial charge in [-0.25, -0.2) is 4.39 Å². The molecule has 17 heavy (non-hydrogen) atoms. The van der Waals surface area contributed by atoms with E-state index in [2.05, 4.69) is 0 Å². The summed E-state index contributed by atoms with van der Waals surface area (Å²) in [5.41, 5.74) is 1.14. The third-order valence-electron chi connectivity index (χ3n) is 3.30. The highest BCUT2D eigenvalue weighted by atomic mass is 19.1. The van der Waals surface area contributed by atoms with Gasteiger partial charge >= 0.3 is 0 Å². The van der Waals surface area contributed by atoms with Crippen molar-refractivity contribution in [1.29, 1.82) is 0 Å². The van der Waals surface area contributed by atoms with Gasteiger partial charge in [-0.1, -0.05) is 12.8 Å². The van der Waals surface area contributed by atoms with E-state index in [1.54, 1.807) is 19.1 Å². The number of nitrogens with zero attached hydrogens (tertiary/aromatic N) is 1. The van der Waals surface area contributed by atoms with Crippen LogP contribution < -0.4 is 0 Å². The van der Waals surface area contributed by atoms with E-state index in [0.717, 1.165) is 25.9 Å². The minimum Gasteiger partial charge on any atom is -0.339 e. The molecule has 0 aliphatic carbocycles. The SMILES string of the molecule is Cc1cc(C(=O)N2CCCCCC2)ccc1F. The van der Waals surface area contributed by atoms with Crippen molar-refractivity contribution in [2.45, 2.75) is 32.6 Å². The summed E-state index contributed by atoms with van der Waals surface area (Å²) >= 11 is 0. The lowest BCUT2D eigenvalue weighted by atomic mass is 10.1. The van der Waals surface area contributed by atoms with Gasteiger partial charge < -0.3 is 4.90 Å². The Morgan fingerprint density at radius 3 is 2.41 bits per heavy atom. The second kappa shape index (κ2) is 5.30. The van der Waals surface area contributed by atoms with Crippen LogP contribution in [0.4, 0.5) is 4.39 Å². The van der Waals surface area contributed by atoms with Gasteiger partial charge in [0.2, 0.25) is 0 Å². The molecule has 0 unspecified atom stereocenters. The van der Waals surface area contributed by atoms with E-state index in [9.17, 15) is 9.18 Å². The first-order valence-electron chi connectivity index (χ1n) is 6.24. The van der Waals surface area contributed by atoms with Crippen molar-refractivity contribution < 1.29 is 9.18 Å². The molecular weight excluding hydrogens is 217 g/mol. The third-order valence-corrected chi connectivity index (χ3v) is 3.30. The lowest BCUT2D eigenvalue weighted by Gasteiger charge is -2.20. The maximum absolute atomic E-state index is 13.1. The smallest absolute Gasteiger partial charge is 0.253 e. The fraction of sp³-hybridized carbons (Fsp3) is 0.500. The predicted molar refractivity (Wildman–Crippen MR) is 65.5 cm³/mol. The average Bonchev–Trinajstić information content (AvgIpc) is 2.60. The summed E-state index contributed by atoms with van der Waals surface area (Å²) < 4.78 is 13.1. The first-order valence-corrected chi connectivity index (χ1v) is 6.24. The Bertz CT molecular complexity index is 409. The van der Waals surface area contributed by atoms with Crippen LogP contribution in [-0.4, -0.2) is 23.9 Å². The van der Waals surface area contributed by atoms with Crippen molar-refractivity contribution in [1.82, 2.24) is 4.90 Å². The highest BCUT2D eigenvalue weighted by molar-refractivity contribution is 5.94. The Hall–Kier alpha value is -1.38. The molecule has 1 aromatic rings. The summed E-state index contributed by atoms with van der Waals surface area (Å²) in [6.07, 6.45) is 4.55. The number of benzene rings is 1. The van der Waals surface area contributed by atoms with Crippen molar-refractivity contribution in [3.8, 4) is 0 Å². The fourth-order valence-electron chi connectivity index (χ4n) is 2.23. The molecule has 1 aliphatic heterocycles. The van der Waals surface area contributed by atoms with Gasteiger partial charge in [0, 0.05) is 18.7 Å². The Morgan fingerprint density at radius 2 is 1.82 bits per heavy atom. The fourth-order valence-corrected chi connectivity index (χ4v) is 2.23. The molecule has 2 rings (SSSR count). The van der Waals surface area contributed by atoms with Crippen LogP contribution in [0.2, 0.25) is 0 Å². The van der Waals surface area contributed by atoms with Gasteiger partial charge in [0.1, 0.15) is 5.82 Å². The molecule has 0 spiro atoms. The van der Waals surface area contributed by atoms with Crippen LogP contribution in [0.3, 0.4) is 0 Å². The van der Waals surface area contributed by atoms with E-state index < -0.39 is 0 Å². The van der Waals surface area contributed by atoms with Crippen molar-refractivity contribution in [2.75, 3.05) is 13.1 Å². The van der Waals surface area contributed by atoms with Crippen LogP contribution in [0.25, 0.3) is 0 Å². The maximum Gasteiger partial charge on any atom is 0.253 e. The molecule has 1 aliphatic rings. The molecule has 1 saturated heterocycles. The number of carbonyl (C=O) groups excluding carboxylic acids is 1. The van der Waals surface area contributed by atoms with Crippen LogP contribution in [0.1, 0.15) is 41.6 Å². The summed E-state index contributed by atoms with van der Waals surface area (Å²) in [7, 11) is 0. The van der Waals surface area contributed by atoms with Crippen LogP contribution >= 0.6 is 0 Å². The van der Waals surface area contributed by atoms with Crippen molar-refractivity contribution in [3.05, 3.63) is 35.1 Å². The zero-order valence-corrected chi connectivity index (χ0v) is 10.2. The highest BCUT2D eigenvalue weighted by Crippen LogP contribution is 2.15. The number of likely N-dealkylation sites (tertiary alicyclic amines) is 1. The van der Waals surface area contributed by atoms with Gasteiger partial charge in [0.05, 0.1) is 0 Å². The van der Waals surface area contributed by atoms with E-state index >= 15 is 0 Å². The summed E-state index contributed by atoms with van der Waals surface area (Å²) in [6.45, 7) is 3.35. The molecule has 1 amide bonds. The molecule has 92 valence electrons. The zero-order valence-electron chi connectivity index (χ0n) is 10.2. The summed E-state index contributed by atoms with van der Waals surface area (Å²) in [5, 5.41) is 0. The lowest BCUT2D eigenvalue weighted by molar-refractivity contribution is 0.0761. The molecule has 0 saturated carbocycles.